The Morgan fingerprint density at radius 2 is 2.13 bits per heavy atom. The molecule has 0 aliphatic heterocycles. The van der Waals surface area contributed by atoms with Gasteiger partial charge in [-0.15, -0.1) is 0 Å². The third kappa shape index (κ3) is 3.48. The number of Topliss-reactive ketones (excluding diaryl/α,β-unsaturated/α-hetero) is 1. The van der Waals surface area contributed by atoms with Crippen molar-refractivity contribution in [2.45, 2.75) is 12.8 Å². The molecule has 15 heavy (non-hydrogen) atoms. The maximum absolute atomic E-state index is 12.4. The molecule has 0 aliphatic carbocycles. The number of hydrogen-bond donors (Lipinski definition) is 0. The van der Waals surface area contributed by atoms with Crippen LogP contribution in [0.4, 0.5) is 8.78 Å². The molecule has 1 aromatic carbocycles. The smallest absolute Gasteiger partial charge is 0.264 e. The van der Waals surface area contributed by atoms with E-state index in [0.29, 0.717) is 20.9 Å². The van der Waals surface area contributed by atoms with E-state index in [0.717, 1.165) is 0 Å². The first-order valence-corrected chi connectivity index (χ1v) is 6.43. The summed E-state index contributed by atoms with van der Waals surface area (Å²) in [5, 5.41) is 0.582. The molecule has 0 saturated heterocycles. The third-order valence-corrected chi connectivity index (χ3v) is 3.21. The molecule has 82 valence electrons. The molecule has 0 saturated carbocycles. The summed E-state index contributed by atoms with van der Waals surface area (Å²) < 4.78 is 25.3. The zero-order valence-electron chi connectivity index (χ0n) is 7.64. The van der Waals surface area contributed by atoms with E-state index in [-0.39, 0.29) is 11.3 Å². The van der Waals surface area contributed by atoms with E-state index < -0.39 is 6.43 Å². The third-order valence-electron chi connectivity index (χ3n) is 1.88. The molecule has 0 spiro atoms. The number of rotatable bonds is 4. The van der Waals surface area contributed by atoms with Crippen molar-refractivity contribution in [2.24, 2.45) is 0 Å². The van der Waals surface area contributed by atoms with Gasteiger partial charge in [-0.3, -0.25) is 4.79 Å². The van der Waals surface area contributed by atoms with Gasteiger partial charge in [0.25, 0.3) is 6.43 Å². The number of benzene rings is 1. The van der Waals surface area contributed by atoms with Crippen molar-refractivity contribution in [1.82, 2.24) is 0 Å². The Labute approximate surface area is 109 Å². The second kappa shape index (κ2) is 5.89. The molecule has 0 unspecified atom stereocenters. The minimum Gasteiger partial charge on any atom is -0.294 e. The molecule has 1 aromatic rings. The molecule has 0 radical (unpaired) electrons. The van der Waals surface area contributed by atoms with Crippen LogP contribution in [0.5, 0.6) is 0 Å². The lowest BCUT2D eigenvalue weighted by atomic mass is 10.1. The van der Waals surface area contributed by atoms with Gasteiger partial charge in [0.2, 0.25) is 0 Å². The normalized spacial score (nSPS) is 10.7. The zero-order chi connectivity index (χ0) is 11.4. The van der Waals surface area contributed by atoms with E-state index in [4.69, 9.17) is 0 Å². The van der Waals surface area contributed by atoms with E-state index >= 15 is 0 Å². The minimum absolute atomic E-state index is 0.0222. The Morgan fingerprint density at radius 1 is 1.47 bits per heavy atom. The molecule has 0 aliphatic rings. The maximum Gasteiger partial charge on any atom is 0.264 e. The van der Waals surface area contributed by atoms with Crippen LogP contribution in [-0.4, -0.2) is 11.1 Å². The van der Waals surface area contributed by atoms with Gasteiger partial charge in [-0.05, 0) is 28.7 Å². The molecule has 0 fully saturated rings. The van der Waals surface area contributed by atoms with Crippen molar-refractivity contribution >= 4 is 44.3 Å². The summed E-state index contributed by atoms with van der Waals surface area (Å²) in [6.45, 7) is 0. The maximum atomic E-state index is 12.4. The summed E-state index contributed by atoms with van der Waals surface area (Å²) >= 11 is 4.98. The second-order valence-electron chi connectivity index (χ2n) is 2.90. The van der Waals surface area contributed by atoms with E-state index in [2.05, 4.69) is 15.9 Å². The van der Waals surface area contributed by atoms with Crippen LogP contribution in [0.2, 0.25) is 0 Å². The van der Waals surface area contributed by atoms with Crippen molar-refractivity contribution in [3.8, 4) is 0 Å². The fourth-order valence-corrected chi connectivity index (χ4v) is 2.22. The van der Waals surface area contributed by atoms with Gasteiger partial charge in [0.1, 0.15) is 0 Å². The van der Waals surface area contributed by atoms with E-state index in [1.54, 1.807) is 0 Å². The van der Waals surface area contributed by atoms with Crippen molar-refractivity contribution in [3.63, 3.8) is 0 Å². The lowest BCUT2D eigenvalue weighted by molar-refractivity contribution is 0.0989. The summed E-state index contributed by atoms with van der Waals surface area (Å²) in [6.07, 6.45) is -2.11. The van der Waals surface area contributed by atoms with Crippen LogP contribution < -0.4 is 0 Å². The van der Waals surface area contributed by atoms with Crippen molar-refractivity contribution < 1.29 is 13.6 Å². The van der Waals surface area contributed by atoms with Crippen LogP contribution in [0.3, 0.4) is 0 Å². The summed E-state index contributed by atoms with van der Waals surface area (Å²) in [6, 6.07) is 4.27. The van der Waals surface area contributed by atoms with Crippen LogP contribution in [0.25, 0.3) is 0 Å². The lowest BCUT2D eigenvalue weighted by Crippen LogP contribution is -2.01. The molecular weight excluding hydrogens is 381 g/mol. The topological polar surface area (TPSA) is 17.1 Å². The number of halogens is 4. The average Bonchev–Trinajstić information content (AvgIpc) is 2.17. The highest BCUT2D eigenvalue weighted by Crippen LogP contribution is 2.25. The number of ketones is 1. The SMILES string of the molecule is O=C(CCBr)c1ccc(C(F)F)c(I)c1. The average molecular weight is 389 g/mol. The van der Waals surface area contributed by atoms with Gasteiger partial charge in [0, 0.05) is 26.4 Å². The minimum atomic E-state index is -2.49. The Balaban J connectivity index is 2.96. The quantitative estimate of drug-likeness (QED) is 0.429. The molecule has 0 heterocycles. The molecule has 0 N–H and O–H groups in total. The highest BCUT2D eigenvalue weighted by molar-refractivity contribution is 14.1. The molecule has 0 aromatic heterocycles. The van der Waals surface area contributed by atoms with Gasteiger partial charge in [-0.2, -0.15) is 0 Å². The number of carbonyl (C=O) groups is 1. The molecule has 5 heteroatoms. The standard InChI is InChI=1S/C10H8BrF2IO/c11-4-3-9(15)6-1-2-7(10(12)13)8(14)5-6/h1-2,5,10H,3-4H2. The monoisotopic (exact) mass is 388 g/mol. The molecule has 0 amide bonds. The van der Waals surface area contributed by atoms with E-state index in [1.165, 1.54) is 18.2 Å². The van der Waals surface area contributed by atoms with Gasteiger partial charge >= 0.3 is 0 Å². The molecular formula is C10H8BrF2IO. The number of hydrogen-bond acceptors (Lipinski definition) is 1. The first-order valence-electron chi connectivity index (χ1n) is 4.23. The summed E-state index contributed by atoms with van der Waals surface area (Å²) in [4.78, 5) is 11.5. The Hall–Kier alpha value is -0.0400. The van der Waals surface area contributed by atoms with Crippen LogP contribution >= 0.6 is 38.5 Å². The number of carbonyl (C=O) groups excluding carboxylic acids is 1. The van der Waals surface area contributed by atoms with Crippen LogP contribution in [0.1, 0.15) is 28.8 Å². The van der Waals surface area contributed by atoms with Crippen LogP contribution in [0.15, 0.2) is 18.2 Å². The van der Waals surface area contributed by atoms with Crippen molar-refractivity contribution in [3.05, 3.63) is 32.9 Å². The fourth-order valence-electron chi connectivity index (χ4n) is 1.11. The number of alkyl halides is 3. The molecule has 0 atom stereocenters. The predicted molar refractivity (Wildman–Crippen MR) is 66.9 cm³/mol. The van der Waals surface area contributed by atoms with Gasteiger partial charge in [0.15, 0.2) is 5.78 Å². The second-order valence-corrected chi connectivity index (χ2v) is 4.85. The van der Waals surface area contributed by atoms with Gasteiger partial charge in [-0.25, -0.2) is 8.78 Å². The summed E-state index contributed by atoms with van der Waals surface area (Å²) in [7, 11) is 0. The highest BCUT2D eigenvalue weighted by atomic mass is 127. The van der Waals surface area contributed by atoms with Gasteiger partial charge in [-0.1, -0.05) is 28.1 Å². The first-order chi connectivity index (χ1) is 7.06. The van der Waals surface area contributed by atoms with Crippen molar-refractivity contribution in [1.29, 1.82) is 0 Å². The molecule has 1 nitrogen and oxygen atoms in total. The first kappa shape index (κ1) is 13.0. The van der Waals surface area contributed by atoms with Crippen LogP contribution in [0, 0.1) is 3.57 Å². The van der Waals surface area contributed by atoms with Crippen LogP contribution in [-0.2, 0) is 0 Å². The summed E-state index contributed by atoms with van der Waals surface area (Å²) in [5.74, 6) is -0.0365. The van der Waals surface area contributed by atoms with Gasteiger partial charge in [0.05, 0.1) is 0 Å². The molecule has 0 bridgehead atoms. The highest BCUT2D eigenvalue weighted by Gasteiger charge is 2.13. The van der Waals surface area contributed by atoms with E-state index in [9.17, 15) is 13.6 Å². The zero-order valence-corrected chi connectivity index (χ0v) is 11.4. The Kier molecular flexibility index (Phi) is 5.11. The fraction of sp³-hybridized carbons (Fsp3) is 0.300. The Bertz CT molecular complexity index is 368. The molecule has 1 rings (SSSR count). The largest absolute Gasteiger partial charge is 0.294 e. The van der Waals surface area contributed by atoms with Crippen molar-refractivity contribution in [2.75, 3.05) is 5.33 Å². The van der Waals surface area contributed by atoms with Gasteiger partial charge < -0.3 is 0 Å². The van der Waals surface area contributed by atoms with E-state index in [1.807, 2.05) is 22.6 Å². The summed E-state index contributed by atoms with van der Waals surface area (Å²) in [5.41, 5.74) is 0.467. The lowest BCUT2D eigenvalue weighted by Gasteiger charge is -2.05. The predicted octanol–water partition coefficient (Wildman–Crippen LogP) is 4.20. The Morgan fingerprint density at radius 3 is 2.60 bits per heavy atom.